The van der Waals surface area contributed by atoms with E-state index in [4.69, 9.17) is 9.47 Å². The van der Waals surface area contributed by atoms with Crippen molar-refractivity contribution >= 4 is 16.8 Å². The topological polar surface area (TPSA) is 43.7 Å². The Bertz CT molecular complexity index is 1130. The maximum Gasteiger partial charge on any atom is 0.231 e. The number of aromatic nitrogens is 1. The van der Waals surface area contributed by atoms with E-state index in [0.717, 1.165) is 57.6 Å². The molecule has 2 aromatic carbocycles. The molecule has 5 heteroatoms. The normalized spacial score (nSPS) is 11.9. The van der Waals surface area contributed by atoms with E-state index in [1.54, 1.807) is 14.2 Å². The van der Waals surface area contributed by atoms with Gasteiger partial charge in [0, 0.05) is 35.5 Å². The summed E-state index contributed by atoms with van der Waals surface area (Å²) in [5, 5.41) is 1.07. The highest BCUT2D eigenvalue weighted by molar-refractivity contribution is 5.95. The quantitative estimate of drug-likeness (QED) is 0.475. The molecule has 1 heterocycles. The lowest BCUT2D eigenvalue weighted by molar-refractivity contribution is 0.0881. The fourth-order valence-electron chi connectivity index (χ4n) is 4.66. The van der Waals surface area contributed by atoms with E-state index in [-0.39, 0.29) is 11.3 Å². The van der Waals surface area contributed by atoms with Gasteiger partial charge >= 0.3 is 0 Å². The predicted molar refractivity (Wildman–Crippen MR) is 131 cm³/mol. The minimum atomic E-state index is -0.382. The Labute approximate surface area is 191 Å². The van der Waals surface area contributed by atoms with Crippen LogP contribution in [0.2, 0.25) is 0 Å². The number of hydrogen-bond acceptors (Lipinski definition) is 4. The van der Waals surface area contributed by atoms with E-state index in [1.807, 2.05) is 35.0 Å². The van der Waals surface area contributed by atoms with Crippen molar-refractivity contribution in [2.75, 3.05) is 34.9 Å². The van der Waals surface area contributed by atoms with E-state index < -0.39 is 0 Å². The molecule has 0 saturated carbocycles. The molecule has 0 atom stereocenters. The standard InChI is InChI=1S/C27H36N2O3/c1-18-13-19(2)26(24(14-18)32-8)27(3,4)16-25(30)29-17-20(11-12-28(5)6)22-15-21(31-7)9-10-23(22)29/h9-10,13-15,17H,11-12,16H2,1-8H3. The molecular formula is C27H36N2O3. The summed E-state index contributed by atoms with van der Waals surface area (Å²) in [6.45, 7) is 9.30. The van der Waals surface area contributed by atoms with Crippen LogP contribution in [0.4, 0.5) is 0 Å². The minimum Gasteiger partial charge on any atom is -0.497 e. The SMILES string of the molecule is COc1ccc2c(c1)c(CCN(C)C)cn2C(=O)CC(C)(C)c1c(C)cc(C)cc1OC. The molecule has 0 aliphatic heterocycles. The molecule has 5 nitrogen and oxygen atoms in total. The van der Waals surface area contributed by atoms with Gasteiger partial charge in [0.15, 0.2) is 0 Å². The third kappa shape index (κ3) is 4.83. The van der Waals surface area contributed by atoms with Crippen LogP contribution in [0.5, 0.6) is 11.5 Å². The Kier molecular flexibility index (Phi) is 6.99. The lowest BCUT2D eigenvalue weighted by atomic mass is 9.78. The molecule has 0 N–H and O–H groups in total. The summed E-state index contributed by atoms with van der Waals surface area (Å²) < 4.78 is 13.0. The number of benzene rings is 2. The largest absolute Gasteiger partial charge is 0.497 e. The Hall–Kier alpha value is -2.79. The Balaban J connectivity index is 2.01. The molecule has 1 aromatic heterocycles. The average molecular weight is 437 g/mol. The molecule has 0 unspecified atom stereocenters. The van der Waals surface area contributed by atoms with Crippen molar-refractivity contribution in [3.63, 3.8) is 0 Å². The third-order valence-corrected chi connectivity index (χ3v) is 6.12. The second kappa shape index (κ2) is 9.37. The molecule has 0 aliphatic rings. The number of ether oxygens (including phenoxy) is 2. The predicted octanol–water partition coefficient (Wildman–Crippen LogP) is 5.39. The first kappa shape index (κ1) is 23.9. The Morgan fingerprint density at radius 3 is 2.41 bits per heavy atom. The molecule has 172 valence electrons. The van der Waals surface area contributed by atoms with Gasteiger partial charge in [-0.1, -0.05) is 19.9 Å². The summed E-state index contributed by atoms with van der Waals surface area (Å²) >= 11 is 0. The number of methoxy groups -OCH3 is 2. The molecule has 3 rings (SSSR count). The molecule has 3 aromatic rings. The first-order valence-electron chi connectivity index (χ1n) is 11.1. The number of nitrogens with zero attached hydrogens (tertiary/aromatic N) is 2. The number of fused-ring (bicyclic) bond motifs is 1. The summed E-state index contributed by atoms with van der Waals surface area (Å²) in [5.74, 6) is 1.71. The molecular weight excluding hydrogens is 400 g/mol. The van der Waals surface area contributed by atoms with E-state index in [0.29, 0.717) is 6.42 Å². The smallest absolute Gasteiger partial charge is 0.231 e. The molecule has 0 radical (unpaired) electrons. The lowest BCUT2D eigenvalue weighted by Gasteiger charge is -2.29. The highest BCUT2D eigenvalue weighted by atomic mass is 16.5. The van der Waals surface area contributed by atoms with E-state index in [9.17, 15) is 4.79 Å². The van der Waals surface area contributed by atoms with Crippen LogP contribution in [0.25, 0.3) is 10.9 Å². The highest BCUT2D eigenvalue weighted by Gasteiger charge is 2.30. The van der Waals surface area contributed by atoms with Crippen LogP contribution >= 0.6 is 0 Å². The van der Waals surface area contributed by atoms with Crippen molar-refractivity contribution in [2.24, 2.45) is 0 Å². The lowest BCUT2D eigenvalue weighted by Crippen LogP contribution is -2.26. The molecule has 0 spiro atoms. The zero-order chi connectivity index (χ0) is 23.6. The molecule has 0 bridgehead atoms. The molecule has 32 heavy (non-hydrogen) atoms. The number of aryl methyl sites for hydroxylation is 2. The number of likely N-dealkylation sites (N-methyl/N-ethyl adjacent to an activating group) is 1. The monoisotopic (exact) mass is 436 g/mol. The fourth-order valence-corrected chi connectivity index (χ4v) is 4.66. The van der Waals surface area contributed by atoms with Crippen LogP contribution in [0, 0.1) is 13.8 Å². The van der Waals surface area contributed by atoms with E-state index >= 15 is 0 Å². The summed E-state index contributed by atoms with van der Waals surface area (Å²) in [6.07, 6.45) is 3.24. The van der Waals surface area contributed by atoms with Crippen molar-refractivity contribution in [1.82, 2.24) is 9.47 Å². The van der Waals surface area contributed by atoms with Gasteiger partial charge in [0.1, 0.15) is 11.5 Å². The van der Waals surface area contributed by atoms with Crippen molar-refractivity contribution in [3.05, 3.63) is 58.8 Å². The minimum absolute atomic E-state index is 0.0725. The van der Waals surface area contributed by atoms with Crippen LogP contribution in [0.15, 0.2) is 36.5 Å². The van der Waals surface area contributed by atoms with E-state index in [1.165, 1.54) is 0 Å². The number of hydrogen-bond donors (Lipinski definition) is 0. The fraction of sp³-hybridized carbons (Fsp3) is 0.444. The molecule has 0 saturated heterocycles. The second-order valence-electron chi connectivity index (χ2n) is 9.57. The maximum atomic E-state index is 13.6. The third-order valence-electron chi connectivity index (χ3n) is 6.12. The van der Waals surface area contributed by atoms with Crippen molar-refractivity contribution < 1.29 is 14.3 Å². The Morgan fingerprint density at radius 1 is 1.06 bits per heavy atom. The van der Waals surface area contributed by atoms with Crippen LogP contribution in [-0.4, -0.2) is 50.2 Å². The van der Waals surface area contributed by atoms with Gasteiger partial charge < -0.3 is 14.4 Å². The van der Waals surface area contributed by atoms with Crippen molar-refractivity contribution in [2.45, 2.75) is 46.0 Å². The Morgan fingerprint density at radius 2 is 1.78 bits per heavy atom. The first-order chi connectivity index (χ1) is 15.1. The summed E-state index contributed by atoms with van der Waals surface area (Å²) in [6, 6.07) is 10.1. The van der Waals surface area contributed by atoms with Gasteiger partial charge in [0.05, 0.1) is 19.7 Å². The average Bonchev–Trinajstić information content (AvgIpc) is 3.08. The summed E-state index contributed by atoms with van der Waals surface area (Å²) in [4.78, 5) is 15.8. The van der Waals surface area contributed by atoms with Crippen molar-refractivity contribution in [3.8, 4) is 11.5 Å². The van der Waals surface area contributed by atoms with Gasteiger partial charge in [-0.25, -0.2) is 0 Å². The van der Waals surface area contributed by atoms with Gasteiger partial charge in [-0.2, -0.15) is 0 Å². The van der Waals surface area contributed by atoms with Gasteiger partial charge in [-0.05, 0) is 75.3 Å². The number of carbonyl (C=O) groups excluding carboxylic acids is 1. The van der Waals surface area contributed by atoms with Crippen LogP contribution in [0.1, 0.15) is 47.3 Å². The van der Waals surface area contributed by atoms with Crippen LogP contribution < -0.4 is 9.47 Å². The number of carbonyl (C=O) groups is 1. The zero-order valence-electron chi connectivity index (χ0n) is 20.7. The van der Waals surface area contributed by atoms with E-state index in [2.05, 4.69) is 52.8 Å². The zero-order valence-corrected chi connectivity index (χ0v) is 20.7. The highest BCUT2D eigenvalue weighted by Crippen LogP contribution is 2.38. The molecule has 0 fully saturated rings. The molecule has 0 aliphatic carbocycles. The van der Waals surface area contributed by atoms with Crippen molar-refractivity contribution in [1.29, 1.82) is 0 Å². The maximum absolute atomic E-state index is 13.6. The second-order valence-corrected chi connectivity index (χ2v) is 9.57. The summed E-state index contributed by atoms with van der Waals surface area (Å²) in [5.41, 5.74) is 5.09. The van der Waals surface area contributed by atoms with Gasteiger partial charge in [-0.15, -0.1) is 0 Å². The van der Waals surface area contributed by atoms with Gasteiger partial charge in [-0.3, -0.25) is 9.36 Å². The summed E-state index contributed by atoms with van der Waals surface area (Å²) in [7, 11) is 7.48. The van der Waals surface area contributed by atoms with Crippen LogP contribution in [0.3, 0.4) is 0 Å². The first-order valence-corrected chi connectivity index (χ1v) is 11.1. The number of rotatable bonds is 8. The van der Waals surface area contributed by atoms with Crippen LogP contribution in [-0.2, 0) is 11.8 Å². The van der Waals surface area contributed by atoms with Gasteiger partial charge in [0.2, 0.25) is 5.91 Å². The van der Waals surface area contributed by atoms with Gasteiger partial charge in [0.25, 0.3) is 0 Å². The molecule has 0 amide bonds.